The summed E-state index contributed by atoms with van der Waals surface area (Å²) in [5.74, 6) is 0.826. The molecule has 2 heterocycles. The molecule has 0 spiro atoms. The van der Waals surface area contributed by atoms with Crippen molar-refractivity contribution in [3.63, 3.8) is 0 Å². The number of aliphatic imine (C=N–C) groups is 1. The van der Waals surface area contributed by atoms with Crippen LogP contribution < -0.4 is 10.6 Å². The minimum absolute atomic E-state index is 0. The Bertz CT molecular complexity index is 590. The van der Waals surface area contributed by atoms with E-state index in [1.807, 2.05) is 12.4 Å². The molecule has 0 saturated carbocycles. The van der Waals surface area contributed by atoms with Crippen LogP contribution in [0.15, 0.2) is 28.0 Å². The van der Waals surface area contributed by atoms with E-state index in [0.717, 1.165) is 24.7 Å². The molecule has 2 N–H and O–H groups in total. The summed E-state index contributed by atoms with van der Waals surface area (Å²) in [5.41, 5.74) is 3.05. The predicted octanol–water partition coefficient (Wildman–Crippen LogP) is 3.77. The molecule has 0 atom stereocenters. The molecule has 2 aromatic rings. The van der Waals surface area contributed by atoms with Gasteiger partial charge in [-0.1, -0.05) is 19.9 Å². The van der Waals surface area contributed by atoms with Crippen LogP contribution in [0.3, 0.4) is 0 Å². The molecule has 0 fully saturated rings. The molecule has 0 saturated heterocycles. The number of nitrogens with one attached hydrogen (secondary N) is 2. The predicted molar refractivity (Wildman–Crippen MR) is 108 cm³/mol. The molecule has 2 rings (SSSR count). The lowest BCUT2D eigenvalue weighted by molar-refractivity contribution is 0.518. The van der Waals surface area contributed by atoms with Crippen LogP contribution >= 0.6 is 46.7 Å². The van der Waals surface area contributed by atoms with Crippen molar-refractivity contribution in [2.45, 2.75) is 32.7 Å². The molecule has 122 valence electrons. The van der Waals surface area contributed by atoms with Crippen molar-refractivity contribution < 1.29 is 0 Å². The van der Waals surface area contributed by atoms with Crippen molar-refractivity contribution in [3.8, 4) is 0 Å². The van der Waals surface area contributed by atoms with Gasteiger partial charge in [0.1, 0.15) is 0 Å². The van der Waals surface area contributed by atoms with Crippen LogP contribution in [-0.2, 0) is 12.0 Å². The lowest BCUT2D eigenvalue weighted by Gasteiger charge is -2.25. The van der Waals surface area contributed by atoms with Crippen LogP contribution in [0.2, 0.25) is 0 Å². The van der Waals surface area contributed by atoms with Crippen LogP contribution in [0.4, 0.5) is 0 Å². The van der Waals surface area contributed by atoms with E-state index in [1.165, 1.54) is 9.75 Å². The largest absolute Gasteiger partial charge is 0.356 e. The molecule has 0 aromatic carbocycles. The Labute approximate surface area is 157 Å². The van der Waals surface area contributed by atoms with Gasteiger partial charge in [0.05, 0.1) is 17.7 Å². The molecular formula is C15H23IN4S2. The van der Waals surface area contributed by atoms with Crippen LogP contribution in [0.25, 0.3) is 0 Å². The fourth-order valence-corrected chi connectivity index (χ4v) is 3.50. The van der Waals surface area contributed by atoms with Crippen LogP contribution in [-0.4, -0.2) is 24.5 Å². The van der Waals surface area contributed by atoms with Crippen LogP contribution in [0.1, 0.15) is 29.3 Å². The second-order valence-electron chi connectivity index (χ2n) is 5.50. The number of nitrogens with zero attached hydrogens (tertiary/aromatic N) is 2. The maximum atomic E-state index is 4.28. The summed E-state index contributed by atoms with van der Waals surface area (Å²) in [7, 11) is 1.80. The van der Waals surface area contributed by atoms with Gasteiger partial charge in [0, 0.05) is 28.8 Å². The molecule has 0 radical (unpaired) electrons. The van der Waals surface area contributed by atoms with Gasteiger partial charge in [-0.05, 0) is 18.4 Å². The maximum absolute atomic E-state index is 4.28. The van der Waals surface area contributed by atoms with Gasteiger partial charge in [0.2, 0.25) is 0 Å². The van der Waals surface area contributed by atoms with E-state index in [0.29, 0.717) is 0 Å². The zero-order valence-corrected chi connectivity index (χ0v) is 17.3. The fraction of sp³-hybridized carbons (Fsp3) is 0.467. The molecule has 0 aliphatic heterocycles. The standard InChI is InChI=1S/C15H22N4S2.HI/c1-11-12(21-10-19-11)8-17-14(16-4)18-9-15(2,3)13-6-5-7-20-13;/h5-7,10H,8-9H2,1-4H3,(H2,16,17,18);1H. The van der Waals surface area contributed by atoms with Gasteiger partial charge in [-0.2, -0.15) is 0 Å². The van der Waals surface area contributed by atoms with Crippen LogP contribution in [0.5, 0.6) is 0 Å². The second-order valence-corrected chi connectivity index (χ2v) is 7.39. The number of rotatable bonds is 5. The van der Waals surface area contributed by atoms with Gasteiger partial charge < -0.3 is 10.6 Å². The van der Waals surface area contributed by atoms with E-state index in [-0.39, 0.29) is 29.4 Å². The summed E-state index contributed by atoms with van der Waals surface area (Å²) in [4.78, 5) is 11.2. The third kappa shape index (κ3) is 5.20. The van der Waals surface area contributed by atoms with Crippen molar-refractivity contribution in [1.82, 2.24) is 15.6 Å². The summed E-state index contributed by atoms with van der Waals surface area (Å²) >= 11 is 3.46. The first-order valence-corrected chi connectivity index (χ1v) is 8.66. The van der Waals surface area contributed by atoms with Crippen molar-refractivity contribution in [2.24, 2.45) is 4.99 Å². The highest BCUT2D eigenvalue weighted by Gasteiger charge is 2.21. The van der Waals surface area contributed by atoms with Gasteiger partial charge in [-0.25, -0.2) is 4.98 Å². The van der Waals surface area contributed by atoms with E-state index in [1.54, 1.807) is 29.7 Å². The number of hydrogen-bond donors (Lipinski definition) is 2. The number of thiophene rings is 1. The first-order valence-electron chi connectivity index (χ1n) is 6.90. The van der Waals surface area contributed by atoms with Gasteiger partial charge in [-0.3, -0.25) is 4.99 Å². The molecule has 7 heteroatoms. The Kier molecular flexibility index (Phi) is 7.78. The van der Waals surface area contributed by atoms with Gasteiger partial charge in [0.25, 0.3) is 0 Å². The molecular weight excluding hydrogens is 427 g/mol. The third-order valence-electron chi connectivity index (χ3n) is 3.37. The number of hydrogen-bond acceptors (Lipinski definition) is 4. The Balaban J connectivity index is 0.00000242. The number of halogens is 1. The SMILES string of the molecule is CN=C(NCc1scnc1C)NCC(C)(C)c1cccs1.I. The lowest BCUT2D eigenvalue weighted by atomic mass is 9.91. The summed E-state index contributed by atoms with van der Waals surface area (Å²) < 4.78 is 0. The van der Waals surface area contributed by atoms with Gasteiger partial charge in [0.15, 0.2) is 5.96 Å². The Hall–Kier alpha value is -0.670. The number of aromatic nitrogens is 1. The third-order valence-corrected chi connectivity index (χ3v) is 5.54. The number of aryl methyl sites for hydroxylation is 1. The van der Waals surface area contributed by atoms with Crippen molar-refractivity contribution in [2.75, 3.05) is 13.6 Å². The molecule has 0 amide bonds. The van der Waals surface area contributed by atoms with E-state index in [4.69, 9.17) is 0 Å². The number of guanidine groups is 1. The topological polar surface area (TPSA) is 49.3 Å². The van der Waals surface area contributed by atoms with E-state index >= 15 is 0 Å². The maximum Gasteiger partial charge on any atom is 0.191 e. The smallest absolute Gasteiger partial charge is 0.191 e. The first kappa shape index (κ1) is 19.4. The molecule has 0 unspecified atom stereocenters. The lowest BCUT2D eigenvalue weighted by Crippen LogP contribution is -2.42. The highest BCUT2D eigenvalue weighted by molar-refractivity contribution is 14.0. The number of thiazole rings is 1. The average Bonchev–Trinajstić information content (AvgIpc) is 3.11. The van der Waals surface area contributed by atoms with E-state index in [2.05, 4.69) is 52.0 Å². The van der Waals surface area contributed by atoms with E-state index < -0.39 is 0 Å². The monoisotopic (exact) mass is 450 g/mol. The van der Waals surface area contributed by atoms with Crippen molar-refractivity contribution >= 4 is 52.6 Å². The van der Waals surface area contributed by atoms with Crippen LogP contribution in [0, 0.1) is 6.92 Å². The molecule has 0 aliphatic rings. The minimum Gasteiger partial charge on any atom is -0.356 e. The molecule has 0 bridgehead atoms. The Morgan fingerprint density at radius 2 is 2.09 bits per heavy atom. The quantitative estimate of drug-likeness (QED) is 0.414. The summed E-state index contributed by atoms with van der Waals surface area (Å²) in [5, 5.41) is 8.87. The highest BCUT2D eigenvalue weighted by atomic mass is 127. The Morgan fingerprint density at radius 3 is 2.64 bits per heavy atom. The molecule has 4 nitrogen and oxygen atoms in total. The average molecular weight is 450 g/mol. The Morgan fingerprint density at radius 1 is 1.32 bits per heavy atom. The van der Waals surface area contributed by atoms with Crippen molar-refractivity contribution in [3.05, 3.63) is 38.5 Å². The second kappa shape index (κ2) is 8.83. The zero-order valence-electron chi connectivity index (χ0n) is 13.3. The molecule has 0 aliphatic carbocycles. The summed E-state index contributed by atoms with van der Waals surface area (Å²) in [6.07, 6.45) is 0. The highest BCUT2D eigenvalue weighted by Crippen LogP contribution is 2.26. The van der Waals surface area contributed by atoms with Gasteiger partial charge >= 0.3 is 0 Å². The summed E-state index contributed by atoms with van der Waals surface area (Å²) in [6.45, 7) is 8.12. The first-order chi connectivity index (χ1) is 10.0. The van der Waals surface area contributed by atoms with Gasteiger partial charge in [-0.15, -0.1) is 46.7 Å². The minimum atomic E-state index is 0. The van der Waals surface area contributed by atoms with Crippen molar-refractivity contribution in [1.29, 1.82) is 0 Å². The van der Waals surface area contributed by atoms with E-state index in [9.17, 15) is 0 Å². The normalized spacial score (nSPS) is 11.9. The molecule has 22 heavy (non-hydrogen) atoms. The fourth-order valence-electron chi connectivity index (χ4n) is 1.94. The molecule has 2 aromatic heterocycles. The summed E-state index contributed by atoms with van der Waals surface area (Å²) in [6, 6.07) is 4.28. The zero-order chi connectivity index (χ0) is 15.3.